The molecular formula is C10H8N2O4. The third-order valence-electron chi connectivity index (χ3n) is 1.91. The molecule has 1 heterocycles. The van der Waals surface area contributed by atoms with Gasteiger partial charge in [0.25, 0.3) is 5.91 Å². The molecule has 6 heteroatoms. The summed E-state index contributed by atoms with van der Waals surface area (Å²) < 4.78 is 0. The lowest BCUT2D eigenvalue weighted by atomic mass is 10.3. The van der Waals surface area contributed by atoms with Crippen LogP contribution in [0.1, 0.15) is 6.42 Å². The van der Waals surface area contributed by atoms with E-state index in [-0.39, 0.29) is 0 Å². The van der Waals surface area contributed by atoms with E-state index in [4.69, 9.17) is 4.84 Å². The SMILES string of the molecule is O=C1CC(=O)N(Oc2ccccc2)C(=O)N1. The molecule has 2 rings (SSSR count). The van der Waals surface area contributed by atoms with E-state index in [0.717, 1.165) is 0 Å². The lowest BCUT2D eigenvalue weighted by Gasteiger charge is -2.23. The van der Waals surface area contributed by atoms with E-state index in [1.807, 2.05) is 5.32 Å². The van der Waals surface area contributed by atoms with Crippen molar-refractivity contribution in [3.63, 3.8) is 0 Å². The summed E-state index contributed by atoms with van der Waals surface area (Å²) in [5.41, 5.74) is 0. The van der Waals surface area contributed by atoms with Crippen LogP contribution in [-0.4, -0.2) is 22.9 Å². The minimum absolute atomic E-state index is 0.348. The molecular weight excluding hydrogens is 212 g/mol. The molecule has 0 aliphatic carbocycles. The average molecular weight is 220 g/mol. The summed E-state index contributed by atoms with van der Waals surface area (Å²) in [7, 11) is 0. The van der Waals surface area contributed by atoms with Crippen molar-refractivity contribution < 1.29 is 19.2 Å². The highest BCUT2D eigenvalue weighted by molar-refractivity contribution is 6.13. The molecule has 4 amide bonds. The normalized spacial score (nSPS) is 16.0. The van der Waals surface area contributed by atoms with E-state index in [1.54, 1.807) is 30.3 Å². The Labute approximate surface area is 90.7 Å². The van der Waals surface area contributed by atoms with Crippen molar-refractivity contribution in [2.75, 3.05) is 0 Å². The molecule has 1 aromatic carbocycles. The predicted octanol–water partition coefficient (Wildman–Crippen LogP) is 0.449. The molecule has 1 aliphatic heterocycles. The maximum atomic E-state index is 11.3. The van der Waals surface area contributed by atoms with Crippen LogP contribution < -0.4 is 10.2 Å². The Balaban J connectivity index is 2.13. The van der Waals surface area contributed by atoms with Gasteiger partial charge in [0, 0.05) is 0 Å². The molecule has 0 unspecified atom stereocenters. The molecule has 0 bridgehead atoms. The van der Waals surface area contributed by atoms with E-state index in [1.165, 1.54) is 0 Å². The number of urea groups is 1. The van der Waals surface area contributed by atoms with Gasteiger partial charge in [0.1, 0.15) is 6.42 Å². The Kier molecular flexibility index (Phi) is 2.55. The predicted molar refractivity (Wildman–Crippen MR) is 52.1 cm³/mol. The number of hydroxylamine groups is 2. The highest BCUT2D eigenvalue weighted by Crippen LogP contribution is 2.13. The van der Waals surface area contributed by atoms with Crippen molar-refractivity contribution in [2.24, 2.45) is 0 Å². The van der Waals surface area contributed by atoms with Gasteiger partial charge < -0.3 is 4.84 Å². The largest absolute Gasteiger partial charge is 0.368 e. The topological polar surface area (TPSA) is 75.7 Å². The van der Waals surface area contributed by atoms with Crippen LogP contribution in [0.3, 0.4) is 0 Å². The number of carbonyl (C=O) groups excluding carboxylic acids is 3. The molecule has 82 valence electrons. The number of benzene rings is 1. The molecule has 16 heavy (non-hydrogen) atoms. The Morgan fingerprint density at radius 2 is 1.81 bits per heavy atom. The van der Waals surface area contributed by atoms with Gasteiger partial charge >= 0.3 is 6.03 Å². The molecule has 6 nitrogen and oxygen atoms in total. The zero-order chi connectivity index (χ0) is 11.5. The summed E-state index contributed by atoms with van der Waals surface area (Å²) in [6.45, 7) is 0. The fourth-order valence-corrected chi connectivity index (χ4v) is 1.22. The highest BCUT2D eigenvalue weighted by atomic mass is 16.7. The Hall–Kier alpha value is -2.37. The summed E-state index contributed by atoms with van der Waals surface area (Å²) in [6.07, 6.45) is -0.390. The fourth-order valence-electron chi connectivity index (χ4n) is 1.22. The quantitative estimate of drug-likeness (QED) is 0.734. The second-order valence-corrected chi connectivity index (χ2v) is 3.12. The Bertz CT molecular complexity index is 423. The molecule has 0 saturated carbocycles. The third kappa shape index (κ3) is 2.00. The van der Waals surface area contributed by atoms with Crippen LogP contribution in [0.15, 0.2) is 30.3 Å². The van der Waals surface area contributed by atoms with Crippen molar-refractivity contribution in [3.8, 4) is 5.75 Å². The first-order valence-electron chi connectivity index (χ1n) is 4.56. The fraction of sp³-hybridized carbons (Fsp3) is 0.100. The minimum atomic E-state index is -0.870. The van der Waals surface area contributed by atoms with Crippen LogP contribution >= 0.6 is 0 Å². The van der Waals surface area contributed by atoms with E-state index >= 15 is 0 Å². The van der Waals surface area contributed by atoms with E-state index in [0.29, 0.717) is 10.8 Å². The van der Waals surface area contributed by atoms with E-state index in [9.17, 15) is 14.4 Å². The number of nitrogens with one attached hydrogen (secondary N) is 1. The lowest BCUT2D eigenvalue weighted by molar-refractivity contribution is -0.153. The van der Waals surface area contributed by atoms with Crippen molar-refractivity contribution in [3.05, 3.63) is 30.3 Å². The van der Waals surface area contributed by atoms with Crippen molar-refractivity contribution >= 4 is 17.8 Å². The molecule has 1 aromatic rings. The van der Waals surface area contributed by atoms with Gasteiger partial charge in [-0.3, -0.25) is 14.9 Å². The third-order valence-corrected chi connectivity index (χ3v) is 1.91. The van der Waals surface area contributed by atoms with Gasteiger partial charge in [0.2, 0.25) is 5.91 Å². The van der Waals surface area contributed by atoms with Crippen LogP contribution in [-0.2, 0) is 9.59 Å². The first-order chi connectivity index (χ1) is 7.66. The molecule has 1 N–H and O–H groups in total. The minimum Gasteiger partial charge on any atom is -0.368 e. The van der Waals surface area contributed by atoms with Crippen LogP contribution in [0, 0.1) is 0 Å². The second-order valence-electron chi connectivity index (χ2n) is 3.12. The Morgan fingerprint density at radius 3 is 2.44 bits per heavy atom. The number of hydrogen-bond donors (Lipinski definition) is 1. The number of amides is 4. The number of rotatable bonds is 2. The first-order valence-corrected chi connectivity index (χ1v) is 4.56. The van der Waals surface area contributed by atoms with Gasteiger partial charge in [0.05, 0.1) is 0 Å². The molecule has 0 spiro atoms. The standard InChI is InChI=1S/C10H8N2O4/c13-8-6-9(14)12(10(15)11-8)16-7-4-2-1-3-5-7/h1-5H,6H2,(H,11,13,15). The molecule has 1 fully saturated rings. The van der Waals surface area contributed by atoms with Crippen LogP contribution in [0.2, 0.25) is 0 Å². The van der Waals surface area contributed by atoms with Gasteiger partial charge in [-0.1, -0.05) is 23.3 Å². The Morgan fingerprint density at radius 1 is 1.12 bits per heavy atom. The molecule has 0 aromatic heterocycles. The number of barbiturate groups is 1. The van der Waals surface area contributed by atoms with Crippen LogP contribution in [0.4, 0.5) is 4.79 Å². The van der Waals surface area contributed by atoms with Crippen molar-refractivity contribution in [1.82, 2.24) is 10.4 Å². The lowest BCUT2D eigenvalue weighted by Crippen LogP contribution is -2.53. The highest BCUT2D eigenvalue weighted by Gasteiger charge is 2.32. The molecule has 1 saturated heterocycles. The summed E-state index contributed by atoms with van der Waals surface area (Å²) >= 11 is 0. The number of para-hydroxylation sites is 1. The summed E-state index contributed by atoms with van der Waals surface area (Å²) in [5, 5.41) is 2.52. The summed E-state index contributed by atoms with van der Waals surface area (Å²) in [5.74, 6) is -0.958. The number of carbonyl (C=O) groups is 3. The molecule has 0 radical (unpaired) electrons. The first kappa shape index (κ1) is 10.2. The van der Waals surface area contributed by atoms with Crippen molar-refractivity contribution in [2.45, 2.75) is 6.42 Å². The van der Waals surface area contributed by atoms with Gasteiger partial charge in [-0.2, -0.15) is 0 Å². The number of hydrogen-bond acceptors (Lipinski definition) is 4. The number of nitrogens with zero attached hydrogens (tertiary/aromatic N) is 1. The van der Waals surface area contributed by atoms with Gasteiger partial charge in [-0.25, -0.2) is 4.79 Å². The van der Waals surface area contributed by atoms with Gasteiger partial charge in [0.15, 0.2) is 5.75 Å². The van der Waals surface area contributed by atoms with Crippen LogP contribution in [0.25, 0.3) is 0 Å². The van der Waals surface area contributed by atoms with E-state index < -0.39 is 24.3 Å². The zero-order valence-corrected chi connectivity index (χ0v) is 8.17. The zero-order valence-electron chi connectivity index (χ0n) is 8.17. The van der Waals surface area contributed by atoms with Crippen LogP contribution in [0.5, 0.6) is 5.75 Å². The molecule has 0 atom stereocenters. The van der Waals surface area contributed by atoms with E-state index in [2.05, 4.69) is 0 Å². The average Bonchev–Trinajstić information content (AvgIpc) is 2.25. The van der Waals surface area contributed by atoms with Gasteiger partial charge in [-0.05, 0) is 12.1 Å². The number of imide groups is 2. The van der Waals surface area contributed by atoms with Gasteiger partial charge in [-0.15, -0.1) is 0 Å². The monoisotopic (exact) mass is 220 g/mol. The summed E-state index contributed by atoms with van der Waals surface area (Å²) in [4.78, 5) is 38.5. The van der Waals surface area contributed by atoms with Crippen molar-refractivity contribution in [1.29, 1.82) is 0 Å². The second kappa shape index (κ2) is 4.01. The maximum absolute atomic E-state index is 11.3. The maximum Gasteiger partial charge on any atom is 0.364 e. The summed E-state index contributed by atoms with van der Waals surface area (Å²) in [6, 6.07) is 7.49. The molecule has 1 aliphatic rings. The smallest absolute Gasteiger partial charge is 0.364 e.